The number of anilines is 1. The monoisotopic (exact) mass is 432 g/mol. The molecule has 0 bridgehead atoms. The summed E-state index contributed by atoms with van der Waals surface area (Å²) >= 11 is 0. The van der Waals surface area contributed by atoms with E-state index in [-0.39, 0.29) is 13.2 Å². The third-order valence-electron chi connectivity index (χ3n) is 5.98. The molecule has 1 fully saturated rings. The first-order chi connectivity index (χ1) is 15.0. The number of amides is 1. The Hall–Kier alpha value is -2.61. The molecule has 0 aromatic heterocycles. The highest BCUT2D eigenvalue weighted by molar-refractivity contribution is 6.02. The molecule has 8 heteroatoms. The van der Waals surface area contributed by atoms with E-state index in [1.54, 1.807) is 31.2 Å². The summed E-state index contributed by atoms with van der Waals surface area (Å²) in [6.07, 6.45) is 7.50. The van der Waals surface area contributed by atoms with Crippen molar-refractivity contribution in [2.45, 2.75) is 64.0 Å². The van der Waals surface area contributed by atoms with Gasteiger partial charge in [0.2, 0.25) is 5.91 Å². The van der Waals surface area contributed by atoms with Gasteiger partial charge in [-0.25, -0.2) is 0 Å². The maximum absolute atomic E-state index is 13.2. The Labute approximate surface area is 182 Å². The topological polar surface area (TPSA) is 105 Å². The molecule has 1 aliphatic heterocycles. The van der Waals surface area contributed by atoms with Gasteiger partial charge < -0.3 is 14.6 Å². The third kappa shape index (κ3) is 6.19. The zero-order valence-electron chi connectivity index (χ0n) is 18.0. The predicted octanol–water partition coefficient (Wildman–Crippen LogP) is 2.75. The van der Waals surface area contributed by atoms with Gasteiger partial charge in [-0.2, -0.15) is 0 Å². The highest BCUT2D eigenvalue weighted by Gasteiger charge is 2.35. The molecule has 1 aliphatic carbocycles. The molecular weight excluding hydrogens is 400 g/mol. The predicted molar refractivity (Wildman–Crippen MR) is 115 cm³/mol. The van der Waals surface area contributed by atoms with Crippen molar-refractivity contribution >= 4 is 23.5 Å². The standard InChI is InChI=1S/C23H32N2O6/c1-2-30-23(29)17(13-12-16-8-4-3-5-9-16)24-18-15-31-20-11-7-6-10-19(20)25(22(18)28)14-21(26)27/h6-7,10-11,16-18,24H,2-5,8-9,12-15H2,1H3,(H,26,27)/t17-,18-/m0/s1. The van der Waals surface area contributed by atoms with Gasteiger partial charge in [0.05, 0.1) is 12.3 Å². The van der Waals surface area contributed by atoms with Crippen LogP contribution in [0.2, 0.25) is 0 Å². The first kappa shape index (κ1) is 23.1. The average Bonchev–Trinajstić information content (AvgIpc) is 2.89. The fourth-order valence-electron chi connectivity index (χ4n) is 4.40. The molecule has 1 aromatic rings. The number of carboxylic acid groups (broad SMARTS) is 1. The zero-order valence-corrected chi connectivity index (χ0v) is 18.0. The Kier molecular flexibility index (Phi) is 8.28. The highest BCUT2D eigenvalue weighted by atomic mass is 16.5. The Balaban J connectivity index is 1.74. The normalized spacial score (nSPS) is 20.4. The van der Waals surface area contributed by atoms with Crippen molar-refractivity contribution < 1.29 is 29.0 Å². The zero-order chi connectivity index (χ0) is 22.2. The van der Waals surface area contributed by atoms with E-state index in [0.717, 1.165) is 6.42 Å². The van der Waals surface area contributed by atoms with Crippen LogP contribution in [-0.2, 0) is 19.1 Å². The Morgan fingerprint density at radius 3 is 2.71 bits per heavy atom. The molecule has 1 aromatic carbocycles. The molecule has 3 rings (SSSR count). The maximum Gasteiger partial charge on any atom is 0.323 e. The van der Waals surface area contributed by atoms with Gasteiger partial charge in [-0.1, -0.05) is 44.2 Å². The van der Waals surface area contributed by atoms with Crippen molar-refractivity contribution in [1.82, 2.24) is 5.32 Å². The molecule has 2 N–H and O–H groups in total. The van der Waals surface area contributed by atoms with Gasteiger partial charge in [0.15, 0.2) is 0 Å². The molecule has 0 radical (unpaired) electrons. The number of rotatable bonds is 9. The van der Waals surface area contributed by atoms with E-state index < -0.39 is 36.5 Å². The third-order valence-corrected chi connectivity index (χ3v) is 5.98. The summed E-state index contributed by atoms with van der Waals surface area (Å²) in [6.45, 7) is 1.53. The van der Waals surface area contributed by atoms with Crippen molar-refractivity contribution in [3.63, 3.8) is 0 Å². The molecule has 1 heterocycles. The quantitative estimate of drug-likeness (QED) is 0.578. The van der Waals surface area contributed by atoms with Gasteiger partial charge in [0, 0.05) is 0 Å². The van der Waals surface area contributed by atoms with E-state index in [9.17, 15) is 19.5 Å². The largest absolute Gasteiger partial charge is 0.489 e. The minimum Gasteiger partial charge on any atom is -0.489 e. The number of esters is 1. The van der Waals surface area contributed by atoms with E-state index in [1.807, 2.05) is 0 Å². The summed E-state index contributed by atoms with van der Waals surface area (Å²) in [7, 11) is 0. The van der Waals surface area contributed by atoms with Gasteiger partial charge in [-0.3, -0.25) is 24.6 Å². The van der Waals surface area contributed by atoms with Crippen LogP contribution in [-0.4, -0.2) is 54.8 Å². The number of fused-ring (bicyclic) bond motifs is 1. The minimum absolute atomic E-state index is 0.00526. The lowest BCUT2D eigenvalue weighted by Crippen LogP contribution is -2.54. The first-order valence-corrected chi connectivity index (χ1v) is 11.2. The molecule has 0 saturated heterocycles. The van der Waals surface area contributed by atoms with Gasteiger partial charge in [-0.05, 0) is 37.8 Å². The molecule has 1 amide bonds. The highest BCUT2D eigenvalue weighted by Crippen LogP contribution is 2.31. The maximum atomic E-state index is 13.2. The Morgan fingerprint density at radius 1 is 1.26 bits per heavy atom. The minimum atomic E-state index is -1.12. The molecule has 2 atom stereocenters. The van der Waals surface area contributed by atoms with Crippen molar-refractivity contribution in [3.8, 4) is 5.75 Å². The number of ether oxygens (including phenoxy) is 2. The number of carboxylic acids is 1. The lowest BCUT2D eigenvalue weighted by molar-refractivity contribution is -0.146. The molecule has 2 aliphatic rings. The number of carbonyl (C=O) groups is 3. The van der Waals surface area contributed by atoms with Crippen LogP contribution in [0.3, 0.4) is 0 Å². The summed E-state index contributed by atoms with van der Waals surface area (Å²) in [5, 5.41) is 12.5. The van der Waals surface area contributed by atoms with Gasteiger partial charge in [0.1, 0.15) is 31.0 Å². The summed E-state index contributed by atoms with van der Waals surface area (Å²) < 4.78 is 11.1. The lowest BCUT2D eigenvalue weighted by atomic mass is 9.85. The molecule has 31 heavy (non-hydrogen) atoms. The summed E-state index contributed by atoms with van der Waals surface area (Å²) in [6, 6.07) is 5.35. The Morgan fingerprint density at radius 2 is 2.00 bits per heavy atom. The number of benzene rings is 1. The van der Waals surface area contributed by atoms with Crippen LogP contribution in [0.25, 0.3) is 0 Å². The number of carbonyl (C=O) groups excluding carboxylic acids is 2. The van der Waals surface area contributed by atoms with E-state index in [0.29, 0.717) is 23.8 Å². The van der Waals surface area contributed by atoms with Crippen LogP contribution in [0.15, 0.2) is 24.3 Å². The second-order valence-electron chi connectivity index (χ2n) is 8.20. The second kappa shape index (κ2) is 11.1. The van der Waals surface area contributed by atoms with Gasteiger partial charge in [-0.15, -0.1) is 0 Å². The van der Waals surface area contributed by atoms with E-state index in [2.05, 4.69) is 5.32 Å². The number of aliphatic carboxylic acids is 1. The van der Waals surface area contributed by atoms with Crippen molar-refractivity contribution in [2.24, 2.45) is 5.92 Å². The number of para-hydroxylation sites is 2. The SMILES string of the molecule is CCOC(=O)[C@H](CCC1CCCCC1)N[C@H]1COc2ccccc2N(CC(=O)O)C1=O. The van der Waals surface area contributed by atoms with Crippen molar-refractivity contribution in [3.05, 3.63) is 24.3 Å². The summed E-state index contributed by atoms with van der Waals surface area (Å²) in [5.41, 5.74) is 0.411. The van der Waals surface area contributed by atoms with Crippen LogP contribution in [0, 0.1) is 5.92 Å². The van der Waals surface area contributed by atoms with Gasteiger partial charge in [0.25, 0.3) is 0 Å². The fraction of sp³-hybridized carbons (Fsp3) is 0.609. The van der Waals surface area contributed by atoms with Crippen LogP contribution in [0.5, 0.6) is 5.75 Å². The van der Waals surface area contributed by atoms with Crippen LogP contribution in [0.4, 0.5) is 5.69 Å². The van der Waals surface area contributed by atoms with E-state index in [4.69, 9.17) is 9.47 Å². The molecule has 8 nitrogen and oxygen atoms in total. The molecule has 0 spiro atoms. The summed E-state index contributed by atoms with van der Waals surface area (Å²) in [5.74, 6) is -0.919. The second-order valence-corrected chi connectivity index (χ2v) is 8.20. The number of nitrogens with one attached hydrogen (secondary N) is 1. The van der Waals surface area contributed by atoms with Crippen molar-refractivity contribution in [1.29, 1.82) is 0 Å². The van der Waals surface area contributed by atoms with Crippen LogP contribution >= 0.6 is 0 Å². The fourth-order valence-corrected chi connectivity index (χ4v) is 4.40. The van der Waals surface area contributed by atoms with Crippen LogP contribution < -0.4 is 15.0 Å². The molecule has 1 saturated carbocycles. The lowest BCUT2D eigenvalue weighted by Gasteiger charge is -2.27. The van der Waals surface area contributed by atoms with Crippen LogP contribution in [0.1, 0.15) is 51.9 Å². The van der Waals surface area contributed by atoms with Gasteiger partial charge >= 0.3 is 11.9 Å². The van der Waals surface area contributed by atoms with Crippen molar-refractivity contribution in [2.75, 3.05) is 24.7 Å². The summed E-state index contributed by atoms with van der Waals surface area (Å²) in [4.78, 5) is 38.5. The molecule has 170 valence electrons. The number of hydrogen-bond donors (Lipinski definition) is 2. The molecular formula is C23H32N2O6. The Bertz CT molecular complexity index is 777. The van der Waals surface area contributed by atoms with E-state index in [1.165, 1.54) is 37.0 Å². The first-order valence-electron chi connectivity index (χ1n) is 11.2. The number of nitrogens with zero attached hydrogens (tertiary/aromatic N) is 1. The average molecular weight is 433 g/mol. The van der Waals surface area contributed by atoms with E-state index >= 15 is 0 Å². The number of hydrogen-bond acceptors (Lipinski definition) is 6. The smallest absolute Gasteiger partial charge is 0.323 e. The molecule has 0 unspecified atom stereocenters.